The second-order valence-corrected chi connectivity index (χ2v) is 2.85. The van der Waals surface area contributed by atoms with Gasteiger partial charge in [0.15, 0.2) is 0 Å². The van der Waals surface area contributed by atoms with Gasteiger partial charge in [-0.3, -0.25) is 14.9 Å². The molecule has 0 atom stereocenters. The van der Waals surface area contributed by atoms with Gasteiger partial charge in [-0.05, 0) is 6.07 Å². The van der Waals surface area contributed by atoms with Crippen LogP contribution in [-0.4, -0.2) is 11.4 Å². The van der Waals surface area contributed by atoms with Crippen molar-refractivity contribution in [1.29, 1.82) is 0 Å². The van der Waals surface area contributed by atoms with Gasteiger partial charge in [0.2, 0.25) is 0 Å². The first kappa shape index (κ1) is 10.5. The summed E-state index contributed by atoms with van der Waals surface area (Å²) in [5, 5.41) is 10.5. The maximum Gasteiger partial charge on any atom is 0.293 e. The lowest BCUT2D eigenvalue weighted by Gasteiger charge is -2.01. The van der Waals surface area contributed by atoms with E-state index in [1.54, 1.807) is 0 Å². The van der Waals surface area contributed by atoms with E-state index in [9.17, 15) is 14.9 Å². The van der Waals surface area contributed by atoms with Crippen LogP contribution in [0.5, 0.6) is 0 Å². The fourth-order valence-electron chi connectivity index (χ4n) is 0.891. The van der Waals surface area contributed by atoms with E-state index in [1.807, 2.05) is 0 Å². The molecule has 0 unspecified atom stereocenters. The van der Waals surface area contributed by atoms with Crippen molar-refractivity contribution in [1.82, 2.24) is 0 Å². The number of nitrogens with zero attached hydrogens (tertiary/aromatic N) is 1. The van der Waals surface area contributed by atoms with E-state index >= 15 is 0 Å². The number of nitro benzene ring substituents is 1. The zero-order valence-corrected chi connectivity index (χ0v) is 7.73. The Hall–Kier alpha value is -1.62. The van der Waals surface area contributed by atoms with E-state index in [0.29, 0.717) is 5.56 Å². The Labute approximate surface area is 84.4 Å². The van der Waals surface area contributed by atoms with Crippen LogP contribution in [0.1, 0.15) is 5.56 Å². The Morgan fingerprint density at radius 1 is 1.57 bits per heavy atom. The van der Waals surface area contributed by atoms with Crippen LogP contribution in [0, 0.1) is 10.1 Å². The molecule has 0 amide bonds. The van der Waals surface area contributed by atoms with Gasteiger partial charge in [0.1, 0.15) is 6.61 Å². The molecule has 6 heteroatoms. The van der Waals surface area contributed by atoms with Crippen LogP contribution in [0.2, 0.25) is 5.02 Å². The average molecular weight is 216 g/mol. The third-order valence-electron chi connectivity index (χ3n) is 1.55. The Kier molecular flexibility index (Phi) is 3.41. The van der Waals surface area contributed by atoms with E-state index in [2.05, 4.69) is 4.74 Å². The van der Waals surface area contributed by atoms with Crippen molar-refractivity contribution in [2.45, 2.75) is 6.61 Å². The van der Waals surface area contributed by atoms with Crippen molar-refractivity contribution in [2.75, 3.05) is 0 Å². The minimum absolute atomic E-state index is 0.0142. The monoisotopic (exact) mass is 215 g/mol. The van der Waals surface area contributed by atoms with Gasteiger partial charge in [-0.15, -0.1) is 0 Å². The van der Waals surface area contributed by atoms with Gasteiger partial charge in [0.05, 0.1) is 9.95 Å². The smallest absolute Gasteiger partial charge is 0.293 e. The summed E-state index contributed by atoms with van der Waals surface area (Å²) in [7, 11) is 0. The van der Waals surface area contributed by atoms with Gasteiger partial charge in [0, 0.05) is 17.7 Å². The normalized spacial score (nSPS) is 9.50. The molecule has 5 nitrogen and oxygen atoms in total. The summed E-state index contributed by atoms with van der Waals surface area (Å²) >= 11 is 5.71. The van der Waals surface area contributed by atoms with Crippen molar-refractivity contribution in [3.05, 3.63) is 38.9 Å². The Balaban J connectivity index is 2.89. The molecule has 0 fully saturated rings. The molecule has 0 saturated carbocycles. The Bertz CT molecular complexity index is 366. The average Bonchev–Trinajstić information content (AvgIpc) is 2.15. The van der Waals surface area contributed by atoms with Crippen molar-refractivity contribution < 1.29 is 14.5 Å². The lowest BCUT2D eigenvalue weighted by atomic mass is 10.2. The van der Waals surface area contributed by atoms with E-state index in [0.717, 1.165) is 0 Å². The van der Waals surface area contributed by atoms with Crippen LogP contribution < -0.4 is 0 Å². The predicted molar refractivity (Wildman–Crippen MR) is 49.0 cm³/mol. The third-order valence-corrected chi connectivity index (χ3v) is 1.91. The molecule has 74 valence electrons. The number of carbonyl (C=O) groups excluding carboxylic acids is 1. The van der Waals surface area contributed by atoms with Gasteiger partial charge in [-0.1, -0.05) is 11.6 Å². The molecule has 1 aromatic rings. The molecule has 0 aliphatic rings. The first-order chi connectivity index (χ1) is 6.65. The molecule has 0 spiro atoms. The maximum atomic E-state index is 10.3. The summed E-state index contributed by atoms with van der Waals surface area (Å²) in [6.45, 7) is 0.304. The third kappa shape index (κ3) is 2.43. The largest absolute Gasteiger partial charge is 0.463 e. The summed E-state index contributed by atoms with van der Waals surface area (Å²) in [5.74, 6) is 0. The molecule has 1 aromatic carbocycles. The first-order valence-electron chi connectivity index (χ1n) is 3.63. The molecule has 1 rings (SSSR count). The van der Waals surface area contributed by atoms with Gasteiger partial charge in [0.25, 0.3) is 12.2 Å². The van der Waals surface area contributed by atoms with Crippen LogP contribution in [0.25, 0.3) is 0 Å². The summed E-state index contributed by atoms with van der Waals surface area (Å²) in [6, 6.07) is 3.96. The first-order valence-corrected chi connectivity index (χ1v) is 4.01. The molecule has 0 saturated heterocycles. The molecule has 0 aliphatic heterocycles. The van der Waals surface area contributed by atoms with E-state index in [1.165, 1.54) is 18.2 Å². The van der Waals surface area contributed by atoms with Gasteiger partial charge < -0.3 is 4.74 Å². The molecule has 14 heavy (non-hydrogen) atoms. The molecule has 0 bridgehead atoms. The highest BCUT2D eigenvalue weighted by atomic mass is 35.5. The number of non-ortho nitro benzene ring substituents is 1. The molecular formula is C8H6ClNO4. The SMILES string of the molecule is O=COCc1ccc([N+](=O)[O-])cc1Cl. The second-order valence-electron chi connectivity index (χ2n) is 2.44. The number of benzene rings is 1. The number of rotatable bonds is 4. The fraction of sp³-hybridized carbons (Fsp3) is 0.125. The van der Waals surface area contributed by atoms with Crippen LogP contribution in [-0.2, 0) is 16.1 Å². The molecular weight excluding hydrogens is 210 g/mol. The number of nitro groups is 1. The van der Waals surface area contributed by atoms with Crippen LogP contribution >= 0.6 is 11.6 Å². The lowest BCUT2D eigenvalue weighted by molar-refractivity contribution is -0.384. The molecule has 0 heterocycles. The van der Waals surface area contributed by atoms with Gasteiger partial charge in [-0.2, -0.15) is 0 Å². The Morgan fingerprint density at radius 2 is 2.29 bits per heavy atom. The van der Waals surface area contributed by atoms with Crippen LogP contribution in [0.15, 0.2) is 18.2 Å². The zero-order chi connectivity index (χ0) is 10.6. The molecule has 0 radical (unpaired) electrons. The molecule has 0 N–H and O–H groups in total. The second kappa shape index (κ2) is 4.57. The summed E-state index contributed by atoms with van der Waals surface area (Å²) in [6.07, 6.45) is 0. The van der Waals surface area contributed by atoms with E-state index < -0.39 is 4.92 Å². The summed E-state index contributed by atoms with van der Waals surface area (Å²) in [5.41, 5.74) is 0.439. The molecule has 0 aromatic heterocycles. The topological polar surface area (TPSA) is 69.4 Å². The summed E-state index contributed by atoms with van der Waals surface area (Å²) in [4.78, 5) is 19.7. The van der Waals surface area contributed by atoms with Gasteiger partial charge in [-0.25, -0.2) is 0 Å². The number of hydrogen-bond donors (Lipinski definition) is 0. The van der Waals surface area contributed by atoms with Crippen molar-refractivity contribution in [2.24, 2.45) is 0 Å². The fourth-order valence-corrected chi connectivity index (χ4v) is 1.12. The van der Waals surface area contributed by atoms with Crippen molar-refractivity contribution >= 4 is 23.8 Å². The Morgan fingerprint density at radius 3 is 2.79 bits per heavy atom. The summed E-state index contributed by atoms with van der Waals surface area (Å²) < 4.78 is 4.47. The zero-order valence-electron chi connectivity index (χ0n) is 6.97. The minimum atomic E-state index is -0.545. The number of halogens is 1. The van der Waals surface area contributed by atoms with E-state index in [4.69, 9.17) is 11.6 Å². The highest BCUT2D eigenvalue weighted by Gasteiger charge is 2.09. The van der Waals surface area contributed by atoms with Crippen LogP contribution in [0.4, 0.5) is 5.69 Å². The standard InChI is InChI=1S/C8H6ClNO4/c9-8-3-7(10(12)13)2-1-6(8)4-14-5-11/h1-3,5H,4H2. The van der Waals surface area contributed by atoms with Gasteiger partial charge >= 0.3 is 0 Å². The highest BCUT2D eigenvalue weighted by molar-refractivity contribution is 6.31. The van der Waals surface area contributed by atoms with Crippen molar-refractivity contribution in [3.8, 4) is 0 Å². The highest BCUT2D eigenvalue weighted by Crippen LogP contribution is 2.22. The minimum Gasteiger partial charge on any atom is -0.463 e. The quantitative estimate of drug-likeness (QED) is 0.437. The van der Waals surface area contributed by atoms with Crippen molar-refractivity contribution in [3.63, 3.8) is 0 Å². The number of hydrogen-bond acceptors (Lipinski definition) is 4. The maximum absolute atomic E-state index is 10.3. The lowest BCUT2D eigenvalue weighted by Crippen LogP contribution is -1.93. The molecule has 0 aliphatic carbocycles. The number of ether oxygens (including phenoxy) is 1. The van der Waals surface area contributed by atoms with E-state index in [-0.39, 0.29) is 23.8 Å². The predicted octanol–water partition coefficient (Wildman–Crippen LogP) is 1.92. The van der Waals surface area contributed by atoms with Crippen LogP contribution in [0.3, 0.4) is 0 Å². The number of carbonyl (C=O) groups is 1.